The number of hydrogen-bond donors (Lipinski definition) is 2. The Kier molecular flexibility index (Phi) is 3.14. The van der Waals surface area contributed by atoms with E-state index in [1.54, 1.807) is 4.90 Å². The van der Waals surface area contributed by atoms with Gasteiger partial charge in [0.2, 0.25) is 5.89 Å². The van der Waals surface area contributed by atoms with Crippen LogP contribution in [0.3, 0.4) is 0 Å². The van der Waals surface area contributed by atoms with Crippen molar-refractivity contribution in [3.8, 4) is 0 Å². The van der Waals surface area contributed by atoms with Crippen LogP contribution in [0.15, 0.2) is 4.42 Å². The molecule has 0 bridgehead atoms. The summed E-state index contributed by atoms with van der Waals surface area (Å²) < 4.78 is 5.45. The number of nitrogens with zero attached hydrogens (tertiary/aromatic N) is 3. The molecule has 7 nitrogen and oxygen atoms in total. The zero-order valence-electron chi connectivity index (χ0n) is 10.2. The van der Waals surface area contributed by atoms with Gasteiger partial charge in [-0.1, -0.05) is 5.10 Å². The first-order valence-electron chi connectivity index (χ1n) is 6.45. The van der Waals surface area contributed by atoms with Crippen LogP contribution in [0.2, 0.25) is 0 Å². The molecule has 1 aromatic rings. The van der Waals surface area contributed by atoms with Gasteiger partial charge in [-0.05, 0) is 32.2 Å². The number of aromatic nitrogens is 2. The molecule has 2 aliphatic rings. The summed E-state index contributed by atoms with van der Waals surface area (Å²) in [4.78, 5) is 13.6. The first-order chi connectivity index (χ1) is 8.83. The Hall–Kier alpha value is -1.63. The summed E-state index contributed by atoms with van der Waals surface area (Å²) in [7, 11) is 0. The van der Waals surface area contributed by atoms with E-state index in [4.69, 9.17) is 4.42 Å². The van der Waals surface area contributed by atoms with Gasteiger partial charge in [0.1, 0.15) is 0 Å². The highest BCUT2D eigenvalue weighted by atomic mass is 16.4. The van der Waals surface area contributed by atoms with Gasteiger partial charge in [0, 0.05) is 13.1 Å². The lowest BCUT2D eigenvalue weighted by Crippen LogP contribution is -2.32. The Morgan fingerprint density at radius 2 is 2.17 bits per heavy atom. The standard InChI is InChI=1S/C11H17N5O2/c17-11(16-6-1-2-7-16)13-10-15-14-9(18-10)8-4-3-5-12-8/h8,12H,1-7H2,(H,13,15,17). The second kappa shape index (κ2) is 4.93. The molecule has 18 heavy (non-hydrogen) atoms. The van der Waals surface area contributed by atoms with Gasteiger partial charge in [-0.15, -0.1) is 5.10 Å². The minimum Gasteiger partial charge on any atom is -0.406 e. The second-order valence-electron chi connectivity index (χ2n) is 4.72. The van der Waals surface area contributed by atoms with E-state index in [0.29, 0.717) is 5.89 Å². The topological polar surface area (TPSA) is 83.3 Å². The maximum absolute atomic E-state index is 11.8. The monoisotopic (exact) mass is 251 g/mol. The Labute approximate surface area is 105 Å². The summed E-state index contributed by atoms with van der Waals surface area (Å²) in [5, 5.41) is 13.7. The van der Waals surface area contributed by atoms with Gasteiger partial charge < -0.3 is 14.6 Å². The molecule has 3 rings (SSSR count). The molecule has 0 aliphatic carbocycles. The molecule has 0 aromatic carbocycles. The highest BCUT2D eigenvalue weighted by molar-refractivity contribution is 5.87. The number of nitrogens with one attached hydrogen (secondary N) is 2. The molecule has 0 spiro atoms. The molecule has 2 saturated heterocycles. The average molecular weight is 251 g/mol. The van der Waals surface area contributed by atoms with Crippen molar-refractivity contribution < 1.29 is 9.21 Å². The largest absolute Gasteiger partial charge is 0.406 e. The molecular weight excluding hydrogens is 234 g/mol. The average Bonchev–Trinajstić information content (AvgIpc) is 3.12. The highest BCUT2D eigenvalue weighted by Crippen LogP contribution is 2.23. The van der Waals surface area contributed by atoms with Crippen molar-refractivity contribution in [3.63, 3.8) is 0 Å². The number of rotatable bonds is 2. The van der Waals surface area contributed by atoms with Gasteiger partial charge >= 0.3 is 12.0 Å². The fourth-order valence-electron chi connectivity index (χ4n) is 2.41. The lowest BCUT2D eigenvalue weighted by Gasteiger charge is -2.13. The minimum absolute atomic E-state index is 0.134. The number of carbonyl (C=O) groups excluding carboxylic acids is 1. The van der Waals surface area contributed by atoms with Crippen LogP contribution in [0, 0.1) is 0 Å². The van der Waals surface area contributed by atoms with Crippen LogP contribution < -0.4 is 10.6 Å². The van der Waals surface area contributed by atoms with E-state index in [0.717, 1.165) is 45.3 Å². The quantitative estimate of drug-likeness (QED) is 0.823. The van der Waals surface area contributed by atoms with Crippen molar-refractivity contribution in [2.24, 2.45) is 0 Å². The number of carbonyl (C=O) groups is 1. The SMILES string of the molecule is O=C(Nc1nnc(C2CCCN2)o1)N1CCCC1. The summed E-state index contributed by atoms with van der Waals surface area (Å²) in [5.41, 5.74) is 0. The molecule has 3 heterocycles. The molecule has 0 saturated carbocycles. The highest BCUT2D eigenvalue weighted by Gasteiger charge is 2.24. The van der Waals surface area contributed by atoms with Crippen LogP contribution in [0.4, 0.5) is 10.8 Å². The van der Waals surface area contributed by atoms with Crippen LogP contribution in [0.25, 0.3) is 0 Å². The minimum atomic E-state index is -0.151. The molecule has 1 atom stereocenters. The smallest absolute Gasteiger partial charge is 0.325 e. The molecule has 2 aliphatic heterocycles. The van der Waals surface area contributed by atoms with Gasteiger partial charge in [0.25, 0.3) is 0 Å². The molecule has 98 valence electrons. The summed E-state index contributed by atoms with van der Waals surface area (Å²) in [5.74, 6) is 0.559. The van der Waals surface area contributed by atoms with Crippen molar-refractivity contribution in [1.29, 1.82) is 0 Å². The number of anilines is 1. The van der Waals surface area contributed by atoms with Crippen molar-refractivity contribution >= 4 is 12.0 Å². The fraction of sp³-hybridized carbons (Fsp3) is 0.727. The molecule has 2 amide bonds. The molecule has 2 N–H and O–H groups in total. The van der Waals surface area contributed by atoms with E-state index in [9.17, 15) is 4.79 Å². The molecule has 1 aromatic heterocycles. The molecule has 7 heteroatoms. The van der Waals surface area contributed by atoms with Crippen LogP contribution in [-0.4, -0.2) is 40.8 Å². The lowest BCUT2D eigenvalue weighted by atomic mass is 10.2. The van der Waals surface area contributed by atoms with E-state index in [1.165, 1.54) is 0 Å². The van der Waals surface area contributed by atoms with E-state index < -0.39 is 0 Å². The Morgan fingerprint density at radius 3 is 2.89 bits per heavy atom. The van der Waals surface area contributed by atoms with Crippen LogP contribution >= 0.6 is 0 Å². The van der Waals surface area contributed by atoms with Crippen molar-refractivity contribution in [2.75, 3.05) is 25.0 Å². The van der Waals surface area contributed by atoms with E-state index in [1.807, 2.05) is 0 Å². The number of hydrogen-bond acceptors (Lipinski definition) is 5. The number of urea groups is 1. The maximum Gasteiger partial charge on any atom is 0.325 e. The first-order valence-corrected chi connectivity index (χ1v) is 6.45. The van der Waals surface area contributed by atoms with Gasteiger partial charge in [0.05, 0.1) is 6.04 Å². The Morgan fingerprint density at radius 1 is 1.33 bits per heavy atom. The first kappa shape index (κ1) is 11.5. The number of likely N-dealkylation sites (tertiary alicyclic amines) is 1. The fourth-order valence-corrected chi connectivity index (χ4v) is 2.41. The van der Waals surface area contributed by atoms with E-state index in [2.05, 4.69) is 20.8 Å². The zero-order chi connectivity index (χ0) is 12.4. The van der Waals surface area contributed by atoms with Gasteiger partial charge in [-0.2, -0.15) is 0 Å². The molecular formula is C11H17N5O2. The van der Waals surface area contributed by atoms with Crippen LogP contribution in [0.5, 0.6) is 0 Å². The third-order valence-electron chi connectivity index (χ3n) is 3.41. The summed E-state index contributed by atoms with van der Waals surface area (Å²) in [6.45, 7) is 2.58. The Balaban J connectivity index is 1.60. The summed E-state index contributed by atoms with van der Waals surface area (Å²) in [6, 6.07) is 0.174. The van der Waals surface area contributed by atoms with E-state index in [-0.39, 0.29) is 18.1 Å². The maximum atomic E-state index is 11.8. The Bertz CT molecular complexity index is 421. The number of amides is 2. The van der Waals surface area contributed by atoms with Gasteiger partial charge in [0.15, 0.2) is 0 Å². The van der Waals surface area contributed by atoms with Gasteiger partial charge in [-0.3, -0.25) is 5.32 Å². The third kappa shape index (κ3) is 2.31. The second-order valence-corrected chi connectivity index (χ2v) is 4.72. The van der Waals surface area contributed by atoms with Crippen molar-refractivity contribution in [1.82, 2.24) is 20.4 Å². The zero-order valence-corrected chi connectivity index (χ0v) is 10.2. The predicted molar refractivity (Wildman–Crippen MR) is 64.1 cm³/mol. The third-order valence-corrected chi connectivity index (χ3v) is 3.41. The van der Waals surface area contributed by atoms with E-state index >= 15 is 0 Å². The molecule has 1 unspecified atom stereocenters. The van der Waals surface area contributed by atoms with Crippen LogP contribution in [-0.2, 0) is 0 Å². The summed E-state index contributed by atoms with van der Waals surface area (Å²) >= 11 is 0. The predicted octanol–water partition coefficient (Wildman–Crippen LogP) is 1.12. The van der Waals surface area contributed by atoms with Crippen molar-refractivity contribution in [2.45, 2.75) is 31.7 Å². The van der Waals surface area contributed by atoms with Crippen LogP contribution in [0.1, 0.15) is 37.6 Å². The summed E-state index contributed by atoms with van der Waals surface area (Å²) in [6.07, 6.45) is 4.24. The molecule has 0 radical (unpaired) electrons. The van der Waals surface area contributed by atoms with Gasteiger partial charge in [-0.25, -0.2) is 4.79 Å². The van der Waals surface area contributed by atoms with Crippen molar-refractivity contribution in [3.05, 3.63) is 5.89 Å². The normalized spacial score (nSPS) is 23.6. The molecule has 2 fully saturated rings. The lowest BCUT2D eigenvalue weighted by molar-refractivity contribution is 0.221.